The smallest absolute Gasteiger partial charge is 0.289 e. The van der Waals surface area contributed by atoms with Gasteiger partial charge >= 0.3 is 0 Å². The summed E-state index contributed by atoms with van der Waals surface area (Å²) in [5.74, 6) is -2.76. The summed E-state index contributed by atoms with van der Waals surface area (Å²) >= 11 is 0. The van der Waals surface area contributed by atoms with E-state index in [1.807, 2.05) is 6.07 Å². The Kier molecular flexibility index (Phi) is 8.56. The predicted molar refractivity (Wildman–Crippen MR) is 124 cm³/mol. The predicted octanol–water partition coefficient (Wildman–Crippen LogP) is 1.21. The van der Waals surface area contributed by atoms with Gasteiger partial charge in [0.25, 0.3) is 11.8 Å². The van der Waals surface area contributed by atoms with Crippen molar-refractivity contribution < 1.29 is 19.2 Å². The molecule has 0 aliphatic carbocycles. The van der Waals surface area contributed by atoms with E-state index in [0.717, 1.165) is 5.56 Å². The first-order valence-corrected chi connectivity index (χ1v) is 10.7. The van der Waals surface area contributed by atoms with Crippen LogP contribution in [0.2, 0.25) is 0 Å². The number of pyridine rings is 2. The Hall–Kier alpha value is -4.40. The average Bonchev–Trinajstić information content (AvgIpc) is 2.88. The van der Waals surface area contributed by atoms with E-state index in [-0.39, 0.29) is 18.7 Å². The Labute approximate surface area is 197 Å². The van der Waals surface area contributed by atoms with E-state index in [1.165, 1.54) is 19.2 Å². The molecule has 3 rings (SSSR count). The maximum atomic E-state index is 12.9. The Bertz CT molecular complexity index is 1120. The van der Waals surface area contributed by atoms with Gasteiger partial charge in [-0.15, -0.1) is 0 Å². The van der Waals surface area contributed by atoms with Gasteiger partial charge < -0.3 is 16.0 Å². The third-order valence-corrected chi connectivity index (χ3v) is 4.93. The molecule has 174 valence electrons. The van der Waals surface area contributed by atoms with Crippen LogP contribution < -0.4 is 16.0 Å². The molecule has 3 aromatic rings. The number of carbonyl (C=O) groups is 4. The Morgan fingerprint density at radius 3 is 2.15 bits per heavy atom. The minimum atomic E-state index is -1.12. The third-order valence-electron chi connectivity index (χ3n) is 4.93. The Morgan fingerprint density at radius 2 is 1.50 bits per heavy atom. The van der Waals surface area contributed by atoms with E-state index in [4.69, 9.17) is 0 Å². The molecular formula is C25H25N5O4. The zero-order valence-electron chi connectivity index (χ0n) is 18.6. The van der Waals surface area contributed by atoms with Crippen molar-refractivity contribution in [2.45, 2.75) is 32.0 Å². The van der Waals surface area contributed by atoms with Crippen LogP contribution in [0.15, 0.2) is 79.1 Å². The maximum Gasteiger partial charge on any atom is 0.289 e. The van der Waals surface area contributed by atoms with Crippen LogP contribution in [-0.4, -0.2) is 45.6 Å². The lowest BCUT2D eigenvalue weighted by Gasteiger charge is -2.20. The van der Waals surface area contributed by atoms with Gasteiger partial charge in [0.2, 0.25) is 11.7 Å². The van der Waals surface area contributed by atoms with E-state index in [1.54, 1.807) is 60.8 Å². The Balaban J connectivity index is 1.66. The van der Waals surface area contributed by atoms with Gasteiger partial charge in [0.15, 0.2) is 0 Å². The van der Waals surface area contributed by atoms with Crippen LogP contribution >= 0.6 is 0 Å². The van der Waals surface area contributed by atoms with Crippen LogP contribution in [0.3, 0.4) is 0 Å². The first-order valence-electron chi connectivity index (χ1n) is 10.7. The topological polar surface area (TPSA) is 130 Å². The molecule has 0 bridgehead atoms. The van der Waals surface area contributed by atoms with Crippen molar-refractivity contribution in [1.82, 2.24) is 25.9 Å². The monoisotopic (exact) mass is 459 g/mol. The first-order chi connectivity index (χ1) is 16.4. The van der Waals surface area contributed by atoms with Crippen LogP contribution in [0.1, 0.15) is 28.7 Å². The summed E-state index contributed by atoms with van der Waals surface area (Å²) in [4.78, 5) is 58.6. The molecule has 0 spiro atoms. The quantitative estimate of drug-likeness (QED) is 0.391. The molecule has 0 fully saturated rings. The van der Waals surface area contributed by atoms with Crippen LogP contribution in [0.5, 0.6) is 0 Å². The van der Waals surface area contributed by atoms with Crippen molar-refractivity contribution >= 4 is 23.5 Å². The number of hydrogen-bond donors (Lipinski definition) is 3. The van der Waals surface area contributed by atoms with Gasteiger partial charge in [-0.05, 0) is 36.8 Å². The molecule has 2 aromatic heterocycles. The van der Waals surface area contributed by atoms with Crippen LogP contribution in [0.4, 0.5) is 0 Å². The second-order valence-corrected chi connectivity index (χ2v) is 7.53. The van der Waals surface area contributed by atoms with Crippen LogP contribution in [0.25, 0.3) is 0 Å². The summed E-state index contributed by atoms with van der Waals surface area (Å²) < 4.78 is 0. The lowest BCUT2D eigenvalue weighted by molar-refractivity contribution is -0.140. The second-order valence-electron chi connectivity index (χ2n) is 7.53. The number of benzene rings is 1. The molecule has 0 saturated carbocycles. The van der Waals surface area contributed by atoms with E-state index in [9.17, 15) is 19.2 Å². The third kappa shape index (κ3) is 7.06. The number of carbonyl (C=O) groups excluding carboxylic acids is 4. The molecular weight excluding hydrogens is 434 g/mol. The lowest BCUT2D eigenvalue weighted by atomic mass is 10.0. The van der Waals surface area contributed by atoms with Crippen molar-refractivity contribution in [2.75, 3.05) is 0 Å². The van der Waals surface area contributed by atoms with E-state index >= 15 is 0 Å². The number of amides is 3. The molecule has 34 heavy (non-hydrogen) atoms. The van der Waals surface area contributed by atoms with Gasteiger partial charge in [-0.25, -0.2) is 0 Å². The summed E-state index contributed by atoms with van der Waals surface area (Å²) in [5.41, 5.74) is 1.52. The summed E-state index contributed by atoms with van der Waals surface area (Å²) in [5, 5.41) is 7.69. The van der Waals surface area contributed by atoms with Gasteiger partial charge in [-0.1, -0.05) is 42.5 Å². The van der Waals surface area contributed by atoms with Gasteiger partial charge in [-0.2, -0.15) is 0 Å². The SMILES string of the molecule is C[C@@H](NC(=O)c1ccccn1)C(=O)N[C@H](Cc1ccccc1)C(=O)C(=O)NCc1ccccn1. The normalized spacial score (nSPS) is 12.1. The first kappa shape index (κ1) is 24.2. The summed E-state index contributed by atoms with van der Waals surface area (Å²) in [6, 6.07) is 17.0. The van der Waals surface area contributed by atoms with Crippen molar-refractivity contribution in [3.8, 4) is 0 Å². The molecule has 3 amide bonds. The molecule has 3 N–H and O–H groups in total. The highest BCUT2D eigenvalue weighted by molar-refractivity contribution is 6.38. The summed E-state index contributed by atoms with van der Waals surface area (Å²) in [7, 11) is 0. The lowest BCUT2D eigenvalue weighted by Crippen LogP contribution is -2.53. The standard InChI is InChI=1S/C25H25N5O4/c1-17(29-24(33)20-12-6-8-14-27-20)23(32)30-21(15-18-9-3-2-4-10-18)22(31)25(34)28-16-19-11-5-7-13-26-19/h2-14,17,21H,15-16H2,1H3,(H,28,34)(H,29,33)(H,30,32)/t17-,21-/m1/s1. The van der Waals surface area contributed by atoms with Crippen molar-refractivity contribution in [3.05, 3.63) is 96.1 Å². The van der Waals surface area contributed by atoms with Crippen molar-refractivity contribution in [3.63, 3.8) is 0 Å². The van der Waals surface area contributed by atoms with Gasteiger partial charge in [-0.3, -0.25) is 29.1 Å². The van der Waals surface area contributed by atoms with Crippen LogP contribution in [-0.2, 0) is 27.3 Å². The minimum absolute atomic E-state index is 0.0773. The maximum absolute atomic E-state index is 12.9. The zero-order chi connectivity index (χ0) is 24.3. The largest absolute Gasteiger partial charge is 0.344 e. The molecule has 2 atom stereocenters. The fraction of sp³-hybridized carbons (Fsp3) is 0.200. The summed E-state index contributed by atoms with van der Waals surface area (Å²) in [6.07, 6.45) is 3.17. The molecule has 0 aliphatic heterocycles. The van der Waals surface area contributed by atoms with Crippen LogP contribution in [0, 0.1) is 0 Å². The molecule has 1 aromatic carbocycles. The van der Waals surface area contributed by atoms with Gasteiger partial charge in [0.1, 0.15) is 17.8 Å². The van der Waals surface area contributed by atoms with E-state index in [0.29, 0.717) is 5.69 Å². The number of hydrogen-bond acceptors (Lipinski definition) is 6. The number of Topliss-reactive ketones (excluding diaryl/α,β-unsaturated/α-hetero) is 1. The van der Waals surface area contributed by atoms with E-state index in [2.05, 4.69) is 25.9 Å². The van der Waals surface area contributed by atoms with Crippen molar-refractivity contribution in [2.24, 2.45) is 0 Å². The van der Waals surface area contributed by atoms with Gasteiger partial charge in [0.05, 0.1) is 12.2 Å². The highest BCUT2D eigenvalue weighted by Crippen LogP contribution is 2.06. The number of nitrogens with one attached hydrogen (secondary N) is 3. The van der Waals surface area contributed by atoms with Crippen molar-refractivity contribution in [1.29, 1.82) is 0 Å². The highest BCUT2D eigenvalue weighted by Gasteiger charge is 2.29. The molecule has 9 heteroatoms. The highest BCUT2D eigenvalue weighted by atomic mass is 16.2. The number of nitrogens with zero attached hydrogens (tertiary/aromatic N) is 2. The fourth-order valence-corrected chi connectivity index (χ4v) is 3.11. The van der Waals surface area contributed by atoms with E-state index < -0.39 is 35.6 Å². The minimum Gasteiger partial charge on any atom is -0.344 e. The molecule has 0 unspecified atom stereocenters. The summed E-state index contributed by atoms with van der Waals surface area (Å²) in [6.45, 7) is 1.56. The number of aromatic nitrogens is 2. The molecule has 9 nitrogen and oxygen atoms in total. The van der Waals surface area contributed by atoms with Gasteiger partial charge in [0, 0.05) is 18.8 Å². The Morgan fingerprint density at radius 1 is 0.824 bits per heavy atom. The average molecular weight is 460 g/mol. The zero-order valence-corrected chi connectivity index (χ0v) is 18.6. The number of ketones is 1. The molecule has 0 aliphatic rings. The molecule has 2 heterocycles. The fourth-order valence-electron chi connectivity index (χ4n) is 3.11. The molecule has 0 radical (unpaired) electrons. The molecule has 0 saturated heterocycles. The second kappa shape index (κ2) is 12.0. The number of rotatable bonds is 10.